The van der Waals surface area contributed by atoms with Crippen molar-refractivity contribution in [2.24, 2.45) is 0 Å². The van der Waals surface area contributed by atoms with Gasteiger partial charge in [0.05, 0.1) is 12.9 Å². The molecule has 1 amide bonds. The molecule has 1 N–H and O–H groups in total. The number of furan rings is 1. The maximum absolute atomic E-state index is 13.3. The average Bonchev–Trinajstić information content (AvgIpc) is 3.52. The standard InChI is InChI=1S/C27H29NO5/c29-26(30)10-2-1-5-17-32-25-8-4-3-7-22(25)19-28(23-15-16-23)27(31)21-13-11-20(12-14-21)24-9-6-18-33-24/h3-4,6-9,11-14,18,23H,1-2,5,10,15-17,19H2,(H,29,30). The van der Waals surface area contributed by atoms with Gasteiger partial charge in [-0.05, 0) is 62.4 Å². The van der Waals surface area contributed by atoms with Crippen LogP contribution in [0.3, 0.4) is 0 Å². The third-order valence-electron chi connectivity index (χ3n) is 5.79. The van der Waals surface area contributed by atoms with Gasteiger partial charge < -0.3 is 19.2 Å². The van der Waals surface area contributed by atoms with Crippen molar-refractivity contribution in [3.8, 4) is 17.1 Å². The van der Waals surface area contributed by atoms with Gasteiger partial charge >= 0.3 is 5.97 Å². The van der Waals surface area contributed by atoms with Crippen molar-refractivity contribution in [2.75, 3.05) is 6.61 Å². The van der Waals surface area contributed by atoms with Gasteiger partial charge in [-0.15, -0.1) is 0 Å². The van der Waals surface area contributed by atoms with Crippen molar-refractivity contribution < 1.29 is 23.8 Å². The van der Waals surface area contributed by atoms with E-state index in [9.17, 15) is 9.59 Å². The van der Waals surface area contributed by atoms with Gasteiger partial charge in [0.2, 0.25) is 0 Å². The zero-order valence-corrected chi connectivity index (χ0v) is 18.6. The number of carboxylic acid groups (broad SMARTS) is 1. The molecule has 6 heteroatoms. The first kappa shape index (κ1) is 22.6. The quantitative estimate of drug-likeness (QED) is 0.356. The van der Waals surface area contributed by atoms with Crippen LogP contribution in [0.15, 0.2) is 71.3 Å². The number of rotatable bonds is 12. The number of nitrogens with zero attached hydrogens (tertiary/aromatic N) is 1. The van der Waals surface area contributed by atoms with E-state index in [1.54, 1.807) is 6.26 Å². The molecule has 0 atom stereocenters. The zero-order valence-electron chi connectivity index (χ0n) is 18.6. The van der Waals surface area contributed by atoms with Gasteiger partial charge in [0.1, 0.15) is 11.5 Å². The van der Waals surface area contributed by atoms with E-state index in [0.717, 1.165) is 48.3 Å². The molecule has 1 fully saturated rings. The molecule has 3 aromatic rings. The Morgan fingerprint density at radius 3 is 2.45 bits per heavy atom. The van der Waals surface area contributed by atoms with Crippen LogP contribution in [0, 0.1) is 0 Å². The lowest BCUT2D eigenvalue weighted by Crippen LogP contribution is -2.32. The molecule has 0 aliphatic heterocycles. The molecule has 6 nitrogen and oxygen atoms in total. The maximum atomic E-state index is 13.3. The first-order valence-corrected chi connectivity index (χ1v) is 11.5. The lowest BCUT2D eigenvalue weighted by molar-refractivity contribution is -0.137. The van der Waals surface area contributed by atoms with E-state index in [1.165, 1.54) is 0 Å². The number of carbonyl (C=O) groups excluding carboxylic acids is 1. The molecular weight excluding hydrogens is 418 g/mol. The van der Waals surface area contributed by atoms with Gasteiger partial charge in [0, 0.05) is 35.7 Å². The van der Waals surface area contributed by atoms with Gasteiger partial charge in [-0.2, -0.15) is 0 Å². The van der Waals surface area contributed by atoms with Crippen molar-refractivity contribution in [1.29, 1.82) is 0 Å². The number of benzene rings is 2. The van der Waals surface area contributed by atoms with Crippen LogP contribution < -0.4 is 4.74 Å². The third-order valence-corrected chi connectivity index (χ3v) is 5.79. The van der Waals surface area contributed by atoms with E-state index >= 15 is 0 Å². The van der Waals surface area contributed by atoms with E-state index in [1.807, 2.05) is 65.6 Å². The van der Waals surface area contributed by atoms with Crippen molar-refractivity contribution in [3.63, 3.8) is 0 Å². The first-order chi connectivity index (χ1) is 16.1. The SMILES string of the molecule is O=C(O)CCCCCOc1ccccc1CN(C(=O)c1ccc(-c2ccco2)cc1)C1CC1. The van der Waals surface area contributed by atoms with Gasteiger partial charge in [-0.1, -0.05) is 30.3 Å². The summed E-state index contributed by atoms with van der Waals surface area (Å²) in [4.78, 5) is 25.9. The predicted octanol–water partition coefficient (Wildman–Crippen LogP) is 5.78. The van der Waals surface area contributed by atoms with E-state index in [0.29, 0.717) is 25.1 Å². The number of amides is 1. The monoisotopic (exact) mass is 447 g/mol. The summed E-state index contributed by atoms with van der Waals surface area (Å²) < 4.78 is 11.4. The van der Waals surface area contributed by atoms with Gasteiger partial charge in [0.15, 0.2) is 0 Å². The van der Waals surface area contributed by atoms with E-state index < -0.39 is 5.97 Å². The van der Waals surface area contributed by atoms with Crippen molar-refractivity contribution in [3.05, 3.63) is 78.1 Å². The molecule has 0 unspecified atom stereocenters. The third kappa shape index (κ3) is 6.25. The second-order valence-corrected chi connectivity index (χ2v) is 8.38. The summed E-state index contributed by atoms with van der Waals surface area (Å²) in [5.41, 5.74) is 2.58. The average molecular weight is 448 g/mol. The highest BCUT2D eigenvalue weighted by atomic mass is 16.5. The largest absolute Gasteiger partial charge is 0.493 e. The molecule has 1 aromatic heterocycles. The smallest absolute Gasteiger partial charge is 0.303 e. The molecular formula is C27H29NO5. The van der Waals surface area contributed by atoms with Gasteiger partial charge in [-0.25, -0.2) is 0 Å². The molecule has 1 saturated carbocycles. The summed E-state index contributed by atoms with van der Waals surface area (Å²) in [6.07, 6.45) is 6.13. The number of ether oxygens (including phenoxy) is 1. The van der Waals surface area contributed by atoms with Crippen LogP contribution >= 0.6 is 0 Å². The van der Waals surface area contributed by atoms with Crippen LogP contribution in [0.2, 0.25) is 0 Å². The molecule has 1 aliphatic carbocycles. The molecule has 0 saturated heterocycles. The number of unbranched alkanes of at least 4 members (excludes halogenated alkanes) is 2. The normalized spacial score (nSPS) is 13.0. The second-order valence-electron chi connectivity index (χ2n) is 8.38. The summed E-state index contributed by atoms with van der Waals surface area (Å²) in [6, 6.07) is 19.4. The fourth-order valence-electron chi connectivity index (χ4n) is 3.83. The van der Waals surface area contributed by atoms with Crippen LogP contribution in [0.25, 0.3) is 11.3 Å². The summed E-state index contributed by atoms with van der Waals surface area (Å²) in [6.45, 7) is 1.03. The topological polar surface area (TPSA) is 80.0 Å². The van der Waals surface area contributed by atoms with Crippen molar-refractivity contribution >= 4 is 11.9 Å². The number of carboxylic acids is 1. The lowest BCUT2D eigenvalue weighted by Gasteiger charge is -2.24. The Morgan fingerprint density at radius 1 is 0.970 bits per heavy atom. The van der Waals surface area contributed by atoms with E-state index in [-0.39, 0.29) is 18.4 Å². The molecule has 172 valence electrons. The molecule has 1 heterocycles. The summed E-state index contributed by atoms with van der Waals surface area (Å²) in [5.74, 6) is 0.818. The summed E-state index contributed by atoms with van der Waals surface area (Å²) >= 11 is 0. The number of hydrogen-bond acceptors (Lipinski definition) is 4. The Labute approximate surface area is 193 Å². The minimum atomic E-state index is -0.762. The summed E-state index contributed by atoms with van der Waals surface area (Å²) in [7, 11) is 0. The van der Waals surface area contributed by atoms with E-state index in [4.69, 9.17) is 14.3 Å². The Balaban J connectivity index is 1.39. The van der Waals surface area contributed by atoms with Gasteiger partial charge in [-0.3, -0.25) is 9.59 Å². The van der Waals surface area contributed by atoms with Gasteiger partial charge in [0.25, 0.3) is 5.91 Å². The van der Waals surface area contributed by atoms with Crippen LogP contribution in [-0.2, 0) is 11.3 Å². The van der Waals surface area contributed by atoms with Crippen LogP contribution in [0.4, 0.5) is 0 Å². The number of carbonyl (C=O) groups is 2. The number of para-hydroxylation sites is 1. The Hall–Kier alpha value is -3.54. The minimum absolute atomic E-state index is 0.0203. The van der Waals surface area contributed by atoms with Crippen molar-refractivity contribution in [1.82, 2.24) is 4.90 Å². The predicted molar refractivity (Wildman–Crippen MR) is 125 cm³/mol. The lowest BCUT2D eigenvalue weighted by atomic mass is 10.1. The van der Waals surface area contributed by atoms with Crippen molar-refractivity contribution in [2.45, 2.75) is 51.1 Å². The highest BCUT2D eigenvalue weighted by Crippen LogP contribution is 2.32. The van der Waals surface area contributed by atoms with Crippen LogP contribution in [0.1, 0.15) is 54.4 Å². The minimum Gasteiger partial charge on any atom is -0.493 e. The number of aliphatic carboxylic acids is 1. The maximum Gasteiger partial charge on any atom is 0.303 e. The Bertz CT molecular complexity index is 1050. The Morgan fingerprint density at radius 2 is 1.76 bits per heavy atom. The molecule has 1 aliphatic rings. The highest BCUT2D eigenvalue weighted by molar-refractivity contribution is 5.95. The Kier molecular flexibility index (Phi) is 7.45. The summed E-state index contributed by atoms with van der Waals surface area (Å²) in [5, 5.41) is 8.73. The molecule has 4 rings (SSSR count). The fourth-order valence-corrected chi connectivity index (χ4v) is 3.83. The zero-order chi connectivity index (χ0) is 23.0. The number of hydrogen-bond donors (Lipinski definition) is 1. The van der Waals surface area contributed by atoms with E-state index in [2.05, 4.69) is 0 Å². The van der Waals surface area contributed by atoms with Crippen LogP contribution in [0.5, 0.6) is 5.75 Å². The molecule has 0 radical (unpaired) electrons. The van der Waals surface area contributed by atoms with Crippen LogP contribution in [-0.4, -0.2) is 34.5 Å². The molecule has 0 bridgehead atoms. The first-order valence-electron chi connectivity index (χ1n) is 11.5. The molecule has 2 aromatic carbocycles. The highest BCUT2D eigenvalue weighted by Gasteiger charge is 2.33. The molecule has 0 spiro atoms. The second kappa shape index (κ2) is 10.9. The fraction of sp³-hybridized carbons (Fsp3) is 0.333. The molecule has 33 heavy (non-hydrogen) atoms.